The van der Waals surface area contributed by atoms with Crippen molar-refractivity contribution in [1.29, 1.82) is 0 Å². The molecule has 0 radical (unpaired) electrons. The molecule has 1 aliphatic rings. The zero-order chi connectivity index (χ0) is 27.2. The molecule has 0 saturated carbocycles. The summed E-state index contributed by atoms with van der Waals surface area (Å²) in [6.45, 7) is 4.30. The minimum Gasteiger partial charge on any atom is -0.454 e. The van der Waals surface area contributed by atoms with Gasteiger partial charge in [-0.25, -0.2) is 9.97 Å². The Morgan fingerprint density at radius 1 is 1.24 bits per heavy atom. The number of anilines is 2. The number of aromatic nitrogens is 3. The highest BCUT2D eigenvalue weighted by Gasteiger charge is 2.25. The number of likely N-dealkylation sites (tertiary alicyclic amines) is 1. The van der Waals surface area contributed by atoms with Gasteiger partial charge in [0.05, 0.1) is 9.50 Å². The largest absolute Gasteiger partial charge is 0.454 e. The molecule has 0 spiro atoms. The Bertz CT molecular complexity index is 1300. The molecule has 3 aromatic rings. The van der Waals surface area contributed by atoms with Crippen molar-refractivity contribution >= 4 is 61.8 Å². The second-order valence-corrected chi connectivity index (χ2v) is 11.2. The smallest absolute Gasteiger partial charge is 0.251 e. The number of ether oxygens (including phenoxy) is 1. The van der Waals surface area contributed by atoms with Crippen LogP contribution in [0.4, 0.5) is 10.9 Å². The van der Waals surface area contributed by atoms with Gasteiger partial charge in [-0.2, -0.15) is 4.37 Å². The van der Waals surface area contributed by atoms with Crippen molar-refractivity contribution in [3.8, 4) is 11.5 Å². The van der Waals surface area contributed by atoms with Gasteiger partial charge in [0.25, 0.3) is 5.91 Å². The first-order valence-electron chi connectivity index (χ1n) is 12.1. The van der Waals surface area contributed by atoms with Gasteiger partial charge >= 0.3 is 0 Å². The summed E-state index contributed by atoms with van der Waals surface area (Å²) in [5, 5.41) is 7.06. The fourth-order valence-corrected chi connectivity index (χ4v) is 5.03. The number of halogens is 2. The van der Waals surface area contributed by atoms with Gasteiger partial charge in [0.2, 0.25) is 11.0 Å². The molecule has 4 rings (SSSR count). The Morgan fingerprint density at radius 2 is 2.00 bits per heavy atom. The fourth-order valence-electron chi connectivity index (χ4n) is 3.92. The van der Waals surface area contributed by atoms with Gasteiger partial charge in [0.15, 0.2) is 0 Å². The van der Waals surface area contributed by atoms with Gasteiger partial charge in [-0.3, -0.25) is 9.59 Å². The normalized spacial score (nSPS) is 14.0. The number of nitrogens with zero attached hydrogens (tertiary/aromatic N) is 5. The molecule has 2 aromatic heterocycles. The quantitative estimate of drug-likeness (QED) is 0.347. The maximum absolute atomic E-state index is 12.5. The van der Waals surface area contributed by atoms with Crippen LogP contribution in [0.3, 0.4) is 0 Å². The van der Waals surface area contributed by atoms with Crippen molar-refractivity contribution in [2.45, 2.75) is 25.7 Å². The van der Waals surface area contributed by atoms with Crippen LogP contribution in [-0.2, 0) is 4.79 Å². The van der Waals surface area contributed by atoms with E-state index >= 15 is 0 Å². The van der Waals surface area contributed by atoms with Crippen molar-refractivity contribution in [2.75, 3.05) is 45.6 Å². The van der Waals surface area contributed by atoms with E-state index in [0.717, 1.165) is 38.3 Å². The fraction of sp³-hybridized carbons (Fsp3) is 0.400. The van der Waals surface area contributed by atoms with Crippen LogP contribution in [0.1, 0.15) is 41.9 Å². The van der Waals surface area contributed by atoms with Gasteiger partial charge in [0.1, 0.15) is 23.1 Å². The Kier molecular flexibility index (Phi) is 9.53. The Labute approximate surface area is 239 Å². The van der Waals surface area contributed by atoms with Gasteiger partial charge in [-0.1, -0.05) is 11.6 Å². The first kappa shape index (κ1) is 28.2. The number of hydrogen-bond acceptors (Lipinski definition) is 9. The Morgan fingerprint density at radius 3 is 2.71 bits per heavy atom. The van der Waals surface area contributed by atoms with Crippen molar-refractivity contribution in [3.05, 3.63) is 51.3 Å². The average molecular weight is 623 g/mol. The van der Waals surface area contributed by atoms with Crippen LogP contribution in [-0.4, -0.2) is 76.2 Å². The van der Waals surface area contributed by atoms with Crippen LogP contribution in [0.5, 0.6) is 11.5 Å². The van der Waals surface area contributed by atoms with Crippen LogP contribution < -0.4 is 15.4 Å². The molecule has 0 atom stereocenters. The zero-order valence-electron chi connectivity index (χ0n) is 21.3. The number of rotatable bonds is 9. The second-order valence-electron chi connectivity index (χ2n) is 9.17. The van der Waals surface area contributed by atoms with Gasteiger partial charge < -0.3 is 25.2 Å². The summed E-state index contributed by atoms with van der Waals surface area (Å²) >= 11 is 11.1. The lowest BCUT2D eigenvalue weighted by atomic mass is 9.96. The molecule has 38 heavy (non-hydrogen) atoms. The molecule has 2 N–H and O–H groups in total. The maximum atomic E-state index is 12.5. The number of benzene rings is 1. The molecule has 1 fully saturated rings. The monoisotopic (exact) mass is 621 g/mol. The predicted molar refractivity (Wildman–Crippen MR) is 152 cm³/mol. The van der Waals surface area contributed by atoms with E-state index in [1.54, 1.807) is 37.4 Å². The number of carbonyl (C=O) groups is 2. The first-order valence-corrected chi connectivity index (χ1v) is 14.1. The summed E-state index contributed by atoms with van der Waals surface area (Å²) in [5.41, 5.74) is 0.446. The van der Waals surface area contributed by atoms with Gasteiger partial charge in [0, 0.05) is 68.4 Å². The van der Waals surface area contributed by atoms with Crippen LogP contribution >= 0.6 is 39.1 Å². The summed E-state index contributed by atoms with van der Waals surface area (Å²) in [4.78, 5) is 37.0. The highest BCUT2D eigenvalue weighted by atomic mass is 79.9. The lowest BCUT2D eigenvalue weighted by Crippen LogP contribution is -2.36. The molecule has 2 amide bonds. The van der Waals surface area contributed by atoms with E-state index in [4.69, 9.17) is 16.3 Å². The molecule has 202 valence electrons. The summed E-state index contributed by atoms with van der Waals surface area (Å²) in [5.74, 6) is 2.24. The number of nitrogens with one attached hydrogen (secondary N) is 2. The summed E-state index contributed by atoms with van der Waals surface area (Å²) < 4.78 is 11.2. The third kappa shape index (κ3) is 7.40. The lowest BCUT2D eigenvalue weighted by Gasteiger charge is -2.29. The molecule has 3 heterocycles. The van der Waals surface area contributed by atoms with E-state index in [-0.39, 0.29) is 17.7 Å². The molecule has 1 aromatic carbocycles. The minimum absolute atomic E-state index is 0.104. The van der Waals surface area contributed by atoms with E-state index < -0.39 is 0 Å². The van der Waals surface area contributed by atoms with E-state index in [1.807, 2.05) is 23.9 Å². The minimum atomic E-state index is -0.205. The third-order valence-electron chi connectivity index (χ3n) is 6.06. The number of amides is 2. The number of piperidine rings is 1. The number of carbonyl (C=O) groups excluding carboxylic acids is 2. The zero-order valence-corrected chi connectivity index (χ0v) is 24.5. The number of pyridine rings is 1. The molecule has 0 bridgehead atoms. The van der Waals surface area contributed by atoms with Crippen molar-refractivity contribution < 1.29 is 14.3 Å². The highest BCUT2D eigenvalue weighted by molar-refractivity contribution is 9.10. The van der Waals surface area contributed by atoms with Gasteiger partial charge in [-0.05, 0) is 61.1 Å². The Balaban J connectivity index is 1.42. The van der Waals surface area contributed by atoms with E-state index in [9.17, 15) is 9.59 Å². The summed E-state index contributed by atoms with van der Waals surface area (Å²) in [6, 6.07) is 6.62. The molecule has 1 aliphatic heterocycles. The molecule has 0 unspecified atom stereocenters. The number of likely N-dealkylation sites (N-methyl/N-ethyl adjacent to an activating group) is 1. The van der Waals surface area contributed by atoms with E-state index in [1.165, 1.54) is 11.5 Å². The molecule has 10 nitrogen and oxygen atoms in total. The van der Waals surface area contributed by atoms with Crippen LogP contribution in [0.15, 0.2) is 34.9 Å². The van der Waals surface area contributed by atoms with Crippen LogP contribution in [0.25, 0.3) is 0 Å². The average Bonchev–Trinajstić information content (AvgIpc) is 3.35. The van der Waals surface area contributed by atoms with Gasteiger partial charge in [-0.15, -0.1) is 0 Å². The van der Waals surface area contributed by atoms with Crippen molar-refractivity contribution in [3.63, 3.8) is 0 Å². The number of hydrogen-bond donors (Lipinski definition) is 2. The Hall–Kier alpha value is -2.80. The molecule has 0 aliphatic carbocycles. The highest BCUT2D eigenvalue weighted by Crippen LogP contribution is 2.36. The van der Waals surface area contributed by atoms with Crippen LogP contribution in [0, 0.1) is 0 Å². The molecule has 1 saturated heterocycles. The molecule has 13 heteroatoms. The van der Waals surface area contributed by atoms with Crippen molar-refractivity contribution in [2.24, 2.45) is 0 Å². The SMILES string of the molecule is CC(=O)N1CCC(c2nsc(Nc3cc(Oc4cc(C(=O)NCCN(C)C)ccc4Cl)c(Br)cn3)n2)CC1. The lowest BCUT2D eigenvalue weighted by molar-refractivity contribution is -0.129. The first-order chi connectivity index (χ1) is 18.2. The molecular formula is C25H29BrClN7O3S. The van der Waals surface area contributed by atoms with Crippen molar-refractivity contribution in [1.82, 2.24) is 29.5 Å². The second kappa shape index (κ2) is 12.8. The summed E-state index contributed by atoms with van der Waals surface area (Å²) in [7, 11) is 3.89. The maximum Gasteiger partial charge on any atom is 0.251 e. The van der Waals surface area contributed by atoms with E-state index in [0.29, 0.717) is 44.1 Å². The summed E-state index contributed by atoms with van der Waals surface area (Å²) in [6.07, 6.45) is 3.30. The van der Waals surface area contributed by atoms with E-state index in [2.05, 4.69) is 40.9 Å². The topological polar surface area (TPSA) is 113 Å². The third-order valence-corrected chi connectivity index (χ3v) is 7.61. The predicted octanol–water partition coefficient (Wildman–Crippen LogP) is 4.90. The molecular weight excluding hydrogens is 594 g/mol. The standard InChI is InChI=1S/C25H29BrClN7O3S/c1-15(35)34-9-6-16(7-10-34)23-31-25(38-32-23)30-22-13-20(18(26)14-29-22)37-21-12-17(4-5-19(21)27)24(36)28-8-11-33(2)3/h4-5,12-14,16H,6-11H2,1-3H3,(H,28,36)(H,29,30,31,32). The van der Waals surface area contributed by atoms with Crippen LogP contribution in [0.2, 0.25) is 5.02 Å².